The van der Waals surface area contributed by atoms with Crippen LogP contribution in [0.15, 0.2) is 24.3 Å². The number of carbonyl (C=O) groups excluding carboxylic acids is 1. The van der Waals surface area contributed by atoms with Crippen LogP contribution in [-0.2, 0) is 4.89 Å². The summed E-state index contributed by atoms with van der Waals surface area (Å²) in [7, 11) is 0. The Labute approximate surface area is 112 Å². The Kier molecular flexibility index (Phi) is 26.9. The minimum absolute atomic E-state index is 0. The highest BCUT2D eigenvalue weighted by molar-refractivity contribution is 6.30. The van der Waals surface area contributed by atoms with Gasteiger partial charge in [0.15, 0.2) is 0 Å². The molecule has 0 saturated carbocycles. The van der Waals surface area contributed by atoms with Crippen LogP contribution in [0.25, 0.3) is 0 Å². The number of rotatable bonds is 1. The Bertz CT molecular complexity index is 283. The predicted octanol–water partition coefficient (Wildman–Crippen LogP) is -1.71. The van der Waals surface area contributed by atoms with E-state index in [4.69, 9.17) is 16.9 Å². The van der Waals surface area contributed by atoms with Crippen LogP contribution in [0.2, 0.25) is 5.02 Å². The normalized spacial score (nSPS) is 6.38. The van der Waals surface area contributed by atoms with E-state index < -0.39 is 5.97 Å². The van der Waals surface area contributed by atoms with Gasteiger partial charge in [0.1, 0.15) is 0 Å². The third kappa shape index (κ3) is 8.82. The minimum atomic E-state index is -0.813. The number of hydrogen-bond donors (Lipinski definition) is 1. The van der Waals surface area contributed by atoms with Crippen molar-refractivity contribution in [2.45, 2.75) is 0 Å². The first-order chi connectivity index (χ1) is 5.24. The zero-order chi connectivity index (χ0) is 8.27. The average molecular weight is 269 g/mol. The molecular formula is C7H13ClMgO7. The molecule has 92 valence electrons. The maximum absolute atomic E-state index is 10.6. The fourth-order valence-corrected chi connectivity index (χ4v) is 0.858. The number of carbonyl (C=O) groups is 1. The standard InChI is InChI=1S/C7H5ClO3.Mg.4H2O/c8-6-3-1-2-5(4-6)7(9)11-10;;;;;/h1-4,10H;;4*1H2. The van der Waals surface area contributed by atoms with Crippen molar-refractivity contribution in [3.05, 3.63) is 34.9 Å². The molecule has 0 unspecified atom stereocenters. The van der Waals surface area contributed by atoms with Gasteiger partial charge in [0.2, 0.25) is 0 Å². The van der Waals surface area contributed by atoms with Crippen molar-refractivity contribution in [2.24, 2.45) is 0 Å². The topological polar surface area (TPSA) is 173 Å². The molecule has 0 saturated heterocycles. The molecule has 7 nitrogen and oxygen atoms in total. The van der Waals surface area contributed by atoms with Gasteiger partial charge >= 0.3 is 5.97 Å². The van der Waals surface area contributed by atoms with E-state index in [1.165, 1.54) is 12.1 Å². The highest BCUT2D eigenvalue weighted by atomic mass is 35.5. The minimum Gasteiger partial charge on any atom is -0.412 e. The molecule has 1 aromatic rings. The van der Waals surface area contributed by atoms with E-state index in [1.807, 2.05) is 0 Å². The lowest BCUT2D eigenvalue weighted by Crippen LogP contribution is -2.00. The van der Waals surface area contributed by atoms with E-state index in [0.717, 1.165) is 0 Å². The van der Waals surface area contributed by atoms with Gasteiger partial charge in [-0.3, -0.25) is 4.89 Å². The second-order valence-corrected chi connectivity index (χ2v) is 2.33. The largest absolute Gasteiger partial charge is 0.412 e. The Morgan fingerprint density at radius 3 is 2.06 bits per heavy atom. The van der Waals surface area contributed by atoms with E-state index >= 15 is 0 Å². The molecule has 0 spiro atoms. The van der Waals surface area contributed by atoms with Crippen LogP contribution in [-0.4, -0.2) is 56.2 Å². The molecule has 0 bridgehead atoms. The number of hydrogen-bond acceptors (Lipinski definition) is 3. The second-order valence-electron chi connectivity index (χ2n) is 1.89. The van der Waals surface area contributed by atoms with Crippen molar-refractivity contribution >= 4 is 40.6 Å². The van der Waals surface area contributed by atoms with Gasteiger partial charge in [-0.1, -0.05) is 17.7 Å². The van der Waals surface area contributed by atoms with Crippen LogP contribution in [0, 0.1) is 0 Å². The fraction of sp³-hybridized carbons (Fsp3) is 0. The summed E-state index contributed by atoms with van der Waals surface area (Å²) < 4.78 is 0. The summed E-state index contributed by atoms with van der Waals surface area (Å²) >= 11 is 5.56. The lowest BCUT2D eigenvalue weighted by atomic mass is 10.2. The maximum Gasteiger partial charge on any atom is 0.372 e. The van der Waals surface area contributed by atoms with Gasteiger partial charge in [0, 0.05) is 28.1 Å². The van der Waals surface area contributed by atoms with E-state index in [-0.39, 0.29) is 50.5 Å². The van der Waals surface area contributed by atoms with Crippen LogP contribution in [0.3, 0.4) is 0 Å². The smallest absolute Gasteiger partial charge is 0.372 e. The van der Waals surface area contributed by atoms with Crippen LogP contribution in [0.1, 0.15) is 10.4 Å². The monoisotopic (exact) mass is 268 g/mol. The molecule has 2 radical (unpaired) electrons. The third-order valence-corrected chi connectivity index (χ3v) is 1.38. The van der Waals surface area contributed by atoms with Gasteiger partial charge in [-0.15, -0.1) is 0 Å². The molecule has 9 N–H and O–H groups in total. The Morgan fingerprint density at radius 2 is 1.69 bits per heavy atom. The molecular weight excluding hydrogens is 256 g/mol. The quantitative estimate of drug-likeness (QED) is 0.363. The fourth-order valence-electron chi connectivity index (χ4n) is 0.668. The van der Waals surface area contributed by atoms with Crippen molar-refractivity contribution in [1.29, 1.82) is 0 Å². The van der Waals surface area contributed by atoms with E-state index in [9.17, 15) is 4.79 Å². The first-order valence-electron chi connectivity index (χ1n) is 2.85. The van der Waals surface area contributed by atoms with E-state index in [1.54, 1.807) is 12.1 Å². The summed E-state index contributed by atoms with van der Waals surface area (Å²) in [5.41, 5.74) is 0.222. The third-order valence-electron chi connectivity index (χ3n) is 1.14. The second kappa shape index (κ2) is 14.5. The van der Waals surface area contributed by atoms with Gasteiger partial charge < -0.3 is 21.9 Å². The van der Waals surface area contributed by atoms with E-state index in [2.05, 4.69) is 4.89 Å². The van der Waals surface area contributed by atoms with Crippen LogP contribution in [0.4, 0.5) is 0 Å². The lowest BCUT2D eigenvalue weighted by Gasteiger charge is -1.95. The van der Waals surface area contributed by atoms with Crippen LogP contribution >= 0.6 is 11.6 Å². The molecule has 16 heavy (non-hydrogen) atoms. The first-order valence-corrected chi connectivity index (χ1v) is 3.23. The lowest BCUT2D eigenvalue weighted by molar-refractivity contribution is -0.182. The Morgan fingerprint density at radius 1 is 1.19 bits per heavy atom. The Balaban J connectivity index is -0.0000000807. The SMILES string of the molecule is O.O.O.O.O=C(OO)c1cccc(Cl)c1.[Mg]. The van der Waals surface area contributed by atoms with Crippen LogP contribution < -0.4 is 0 Å². The molecule has 0 aliphatic rings. The number of benzene rings is 1. The molecule has 0 heterocycles. The van der Waals surface area contributed by atoms with E-state index in [0.29, 0.717) is 5.02 Å². The molecule has 0 aliphatic heterocycles. The molecule has 0 amide bonds. The molecule has 0 atom stereocenters. The van der Waals surface area contributed by atoms with Crippen molar-refractivity contribution in [1.82, 2.24) is 0 Å². The van der Waals surface area contributed by atoms with Gasteiger partial charge in [0.25, 0.3) is 0 Å². The highest BCUT2D eigenvalue weighted by Crippen LogP contribution is 2.10. The summed E-state index contributed by atoms with van der Waals surface area (Å²) in [6.45, 7) is 0. The maximum atomic E-state index is 10.6. The van der Waals surface area contributed by atoms with Crippen molar-refractivity contribution in [2.75, 3.05) is 0 Å². The summed E-state index contributed by atoms with van der Waals surface area (Å²) in [4.78, 5) is 14.1. The summed E-state index contributed by atoms with van der Waals surface area (Å²) in [6.07, 6.45) is 0. The molecule has 1 aromatic carbocycles. The summed E-state index contributed by atoms with van der Waals surface area (Å²) in [6, 6.07) is 6.11. The predicted molar refractivity (Wildman–Crippen MR) is 59.7 cm³/mol. The highest BCUT2D eigenvalue weighted by Gasteiger charge is 2.05. The van der Waals surface area contributed by atoms with Crippen LogP contribution in [0.5, 0.6) is 0 Å². The van der Waals surface area contributed by atoms with Gasteiger partial charge in [-0.25, -0.2) is 4.79 Å². The first kappa shape index (κ1) is 29.6. The molecule has 1 rings (SSSR count). The summed E-state index contributed by atoms with van der Waals surface area (Å²) in [5.74, 6) is -0.813. The Hall–Kier alpha value is -0.454. The number of halogens is 1. The van der Waals surface area contributed by atoms with Crippen molar-refractivity contribution < 1.29 is 36.8 Å². The van der Waals surface area contributed by atoms with Gasteiger partial charge in [-0.05, 0) is 18.2 Å². The average Bonchev–Trinajstić information content (AvgIpc) is 2.03. The molecule has 0 fully saturated rings. The van der Waals surface area contributed by atoms with Gasteiger partial charge in [0.05, 0.1) is 5.56 Å². The molecule has 0 aliphatic carbocycles. The zero-order valence-corrected chi connectivity index (χ0v) is 10.3. The molecule has 9 heteroatoms. The molecule has 0 aromatic heterocycles. The van der Waals surface area contributed by atoms with Gasteiger partial charge in [-0.2, -0.15) is 5.26 Å². The van der Waals surface area contributed by atoms with Crippen molar-refractivity contribution in [3.63, 3.8) is 0 Å². The van der Waals surface area contributed by atoms with Crippen molar-refractivity contribution in [3.8, 4) is 0 Å². The summed E-state index contributed by atoms with van der Waals surface area (Å²) in [5, 5.41) is 8.41. The zero-order valence-electron chi connectivity index (χ0n) is 8.16.